The Labute approximate surface area is 138 Å². The Kier molecular flexibility index (Phi) is 5.76. The van der Waals surface area contributed by atoms with E-state index in [4.69, 9.17) is 0 Å². The molecule has 2 heterocycles. The van der Waals surface area contributed by atoms with Gasteiger partial charge in [0.15, 0.2) is 0 Å². The number of fused-ring (bicyclic) bond motifs is 1. The molecule has 1 aliphatic heterocycles. The number of nitrogens with zero attached hydrogens (tertiary/aromatic N) is 1. The highest BCUT2D eigenvalue weighted by Gasteiger charge is 2.27. The lowest BCUT2D eigenvalue weighted by Gasteiger charge is -2.31. The third-order valence-electron chi connectivity index (χ3n) is 3.98. The predicted molar refractivity (Wildman–Crippen MR) is 98.8 cm³/mol. The quantitative estimate of drug-likeness (QED) is 0.680. The molecule has 0 amide bonds. The summed E-state index contributed by atoms with van der Waals surface area (Å²) in [6.45, 7) is 13.4. The van der Waals surface area contributed by atoms with Crippen LogP contribution in [0.4, 0.5) is 0 Å². The Morgan fingerprint density at radius 2 is 1.82 bits per heavy atom. The van der Waals surface area contributed by atoms with Crippen LogP contribution in [0.25, 0.3) is 0 Å². The molecule has 1 unspecified atom stereocenters. The number of allylic oxidation sites excluding steroid dienone is 2. The molecule has 0 radical (unpaired) electrons. The summed E-state index contributed by atoms with van der Waals surface area (Å²) in [4.78, 5) is 5.43. The second-order valence-corrected chi connectivity index (χ2v) is 7.15. The number of hydrogen-bond donors (Lipinski definition) is 0. The second-order valence-electron chi connectivity index (χ2n) is 5.81. The summed E-state index contributed by atoms with van der Waals surface area (Å²) in [5.41, 5.74) is 4.46. The van der Waals surface area contributed by atoms with Gasteiger partial charge in [-0.15, -0.1) is 11.3 Å². The number of benzene rings is 1. The van der Waals surface area contributed by atoms with Crippen molar-refractivity contribution < 1.29 is 0 Å². The van der Waals surface area contributed by atoms with Crippen molar-refractivity contribution in [3.63, 3.8) is 0 Å². The SMILES string of the molecule is C=CC=C.Cc1cc2c(s1)CN(C)CC2c1ccccc1C. The highest BCUT2D eigenvalue weighted by atomic mass is 32.1. The van der Waals surface area contributed by atoms with Gasteiger partial charge >= 0.3 is 0 Å². The molecular weight excluding hydrogens is 286 g/mol. The maximum atomic E-state index is 3.36. The Morgan fingerprint density at radius 1 is 1.14 bits per heavy atom. The van der Waals surface area contributed by atoms with E-state index in [1.54, 1.807) is 22.6 Å². The van der Waals surface area contributed by atoms with Gasteiger partial charge in [-0.05, 0) is 43.7 Å². The van der Waals surface area contributed by atoms with Crippen molar-refractivity contribution in [1.29, 1.82) is 0 Å². The van der Waals surface area contributed by atoms with Crippen molar-refractivity contribution in [2.24, 2.45) is 0 Å². The van der Waals surface area contributed by atoms with Gasteiger partial charge in [-0.2, -0.15) is 0 Å². The summed E-state index contributed by atoms with van der Waals surface area (Å²) in [6, 6.07) is 11.2. The standard InChI is InChI=1S/C16H19NS.C4H6/c1-11-6-4-5-7-13(11)15-9-17(3)10-16-14(15)8-12(2)18-16;1-3-4-2/h4-8,15H,9-10H2,1-3H3;3-4H,1-2H2. The first-order valence-corrected chi connectivity index (χ1v) is 8.45. The van der Waals surface area contributed by atoms with Crippen LogP contribution in [0.1, 0.15) is 32.4 Å². The van der Waals surface area contributed by atoms with Crippen LogP contribution in [0, 0.1) is 13.8 Å². The summed E-state index contributed by atoms with van der Waals surface area (Å²) in [7, 11) is 2.23. The third-order valence-corrected chi connectivity index (χ3v) is 5.03. The molecular formula is C20H25NS. The van der Waals surface area contributed by atoms with Crippen LogP contribution >= 0.6 is 11.3 Å². The molecule has 3 rings (SSSR count). The highest BCUT2D eigenvalue weighted by Crippen LogP contribution is 2.38. The first kappa shape index (κ1) is 16.7. The molecule has 0 N–H and O–H groups in total. The maximum Gasteiger partial charge on any atom is 0.0328 e. The summed E-state index contributed by atoms with van der Waals surface area (Å²) >= 11 is 1.96. The van der Waals surface area contributed by atoms with Crippen LogP contribution in [0.3, 0.4) is 0 Å². The Balaban J connectivity index is 0.000000396. The predicted octanol–water partition coefficient (Wildman–Crippen LogP) is 5.30. The molecule has 0 fully saturated rings. The van der Waals surface area contributed by atoms with Gasteiger partial charge in [0, 0.05) is 28.8 Å². The molecule has 116 valence electrons. The summed E-state index contributed by atoms with van der Waals surface area (Å²) < 4.78 is 0. The maximum absolute atomic E-state index is 3.36. The molecule has 0 saturated heterocycles. The van der Waals surface area contributed by atoms with Crippen molar-refractivity contribution in [3.8, 4) is 0 Å². The average molecular weight is 311 g/mol. The van der Waals surface area contributed by atoms with Crippen molar-refractivity contribution in [1.82, 2.24) is 4.90 Å². The van der Waals surface area contributed by atoms with Crippen molar-refractivity contribution in [3.05, 3.63) is 82.1 Å². The molecule has 1 aliphatic rings. The molecule has 0 aliphatic carbocycles. The van der Waals surface area contributed by atoms with Gasteiger partial charge in [0.2, 0.25) is 0 Å². The van der Waals surface area contributed by atoms with E-state index < -0.39 is 0 Å². The Hall–Kier alpha value is -1.64. The number of rotatable bonds is 2. The molecule has 0 saturated carbocycles. The fourth-order valence-electron chi connectivity index (χ4n) is 2.96. The smallest absolute Gasteiger partial charge is 0.0328 e. The average Bonchev–Trinajstić information content (AvgIpc) is 2.87. The van der Waals surface area contributed by atoms with Gasteiger partial charge in [0.05, 0.1) is 0 Å². The number of thiophene rings is 1. The van der Waals surface area contributed by atoms with Crippen LogP contribution in [-0.4, -0.2) is 18.5 Å². The normalized spacial score (nSPS) is 17.1. The molecule has 0 spiro atoms. The van der Waals surface area contributed by atoms with Gasteiger partial charge in [-0.3, -0.25) is 0 Å². The third kappa shape index (κ3) is 3.76. The lowest BCUT2D eigenvalue weighted by atomic mass is 9.86. The summed E-state index contributed by atoms with van der Waals surface area (Å²) in [5.74, 6) is 0.546. The number of likely N-dealkylation sites (N-methyl/N-ethyl adjacent to an activating group) is 1. The molecule has 1 aromatic heterocycles. The minimum atomic E-state index is 0.546. The molecule has 1 atom stereocenters. The van der Waals surface area contributed by atoms with Crippen LogP contribution < -0.4 is 0 Å². The molecule has 0 bridgehead atoms. The van der Waals surface area contributed by atoms with Crippen molar-refractivity contribution >= 4 is 11.3 Å². The summed E-state index contributed by atoms with van der Waals surface area (Å²) in [5, 5.41) is 0. The van der Waals surface area contributed by atoms with E-state index in [1.165, 1.54) is 16.0 Å². The molecule has 2 aromatic rings. The van der Waals surface area contributed by atoms with Crippen LogP contribution in [0.15, 0.2) is 55.6 Å². The van der Waals surface area contributed by atoms with Gasteiger partial charge in [-0.25, -0.2) is 0 Å². The van der Waals surface area contributed by atoms with Crippen LogP contribution in [0.2, 0.25) is 0 Å². The minimum Gasteiger partial charge on any atom is -0.300 e. The first-order valence-electron chi connectivity index (χ1n) is 7.63. The summed E-state index contributed by atoms with van der Waals surface area (Å²) in [6.07, 6.45) is 3.28. The zero-order valence-electron chi connectivity index (χ0n) is 13.8. The molecule has 2 heteroatoms. The number of aryl methyl sites for hydroxylation is 2. The van der Waals surface area contributed by atoms with E-state index in [0.29, 0.717) is 5.92 Å². The highest BCUT2D eigenvalue weighted by molar-refractivity contribution is 7.12. The lowest BCUT2D eigenvalue weighted by molar-refractivity contribution is 0.299. The van der Waals surface area contributed by atoms with E-state index >= 15 is 0 Å². The number of hydrogen-bond acceptors (Lipinski definition) is 2. The van der Waals surface area contributed by atoms with E-state index in [2.05, 4.69) is 69.3 Å². The van der Waals surface area contributed by atoms with E-state index in [1.807, 2.05) is 11.3 Å². The van der Waals surface area contributed by atoms with Crippen molar-refractivity contribution in [2.75, 3.05) is 13.6 Å². The second kappa shape index (κ2) is 7.57. The molecule has 22 heavy (non-hydrogen) atoms. The lowest BCUT2D eigenvalue weighted by Crippen LogP contribution is -2.30. The Morgan fingerprint density at radius 3 is 2.45 bits per heavy atom. The fourth-order valence-corrected chi connectivity index (χ4v) is 4.14. The van der Waals surface area contributed by atoms with Gasteiger partial charge in [0.1, 0.15) is 0 Å². The Bertz CT molecular complexity index is 647. The first-order chi connectivity index (χ1) is 10.6. The largest absolute Gasteiger partial charge is 0.300 e. The van der Waals surface area contributed by atoms with Crippen molar-refractivity contribution in [2.45, 2.75) is 26.3 Å². The topological polar surface area (TPSA) is 3.24 Å². The molecule has 1 nitrogen and oxygen atoms in total. The van der Waals surface area contributed by atoms with Gasteiger partial charge in [-0.1, -0.05) is 49.6 Å². The zero-order chi connectivity index (χ0) is 16.1. The zero-order valence-corrected chi connectivity index (χ0v) is 14.6. The fraction of sp³-hybridized carbons (Fsp3) is 0.300. The minimum absolute atomic E-state index is 0.546. The van der Waals surface area contributed by atoms with Crippen LogP contribution in [-0.2, 0) is 6.54 Å². The molecule has 1 aromatic carbocycles. The van der Waals surface area contributed by atoms with E-state index in [-0.39, 0.29) is 0 Å². The van der Waals surface area contributed by atoms with Gasteiger partial charge in [0.25, 0.3) is 0 Å². The van der Waals surface area contributed by atoms with E-state index in [0.717, 1.165) is 13.1 Å². The van der Waals surface area contributed by atoms with E-state index in [9.17, 15) is 0 Å². The monoisotopic (exact) mass is 311 g/mol. The van der Waals surface area contributed by atoms with Crippen LogP contribution in [0.5, 0.6) is 0 Å². The van der Waals surface area contributed by atoms with Gasteiger partial charge < -0.3 is 4.90 Å².